The molecule has 3 nitrogen and oxygen atoms in total. The molecule has 0 saturated heterocycles. The van der Waals surface area contributed by atoms with Crippen molar-refractivity contribution in [3.63, 3.8) is 0 Å². The van der Waals surface area contributed by atoms with Gasteiger partial charge in [-0.1, -0.05) is 13.8 Å². The van der Waals surface area contributed by atoms with E-state index in [0.717, 1.165) is 25.7 Å². The third kappa shape index (κ3) is 3.06. The molecule has 16 heavy (non-hydrogen) atoms. The van der Waals surface area contributed by atoms with Gasteiger partial charge in [-0.15, -0.1) is 0 Å². The fourth-order valence-corrected chi connectivity index (χ4v) is 2.42. The minimum atomic E-state index is 0.155. The average molecular weight is 225 g/mol. The lowest BCUT2D eigenvalue weighted by Crippen LogP contribution is -2.42. The standard InChI is InChI=1S/C13H23NO2/c1-4-10(5-2)13(16)14(3)11-6-8-12(15)9-7-11/h10-11H,4-9H2,1-3H3. The zero-order valence-electron chi connectivity index (χ0n) is 10.7. The molecule has 1 aliphatic carbocycles. The molecule has 0 unspecified atom stereocenters. The van der Waals surface area contributed by atoms with Crippen LogP contribution in [0.5, 0.6) is 0 Å². The van der Waals surface area contributed by atoms with Crippen LogP contribution in [0.3, 0.4) is 0 Å². The summed E-state index contributed by atoms with van der Waals surface area (Å²) in [7, 11) is 1.89. The van der Waals surface area contributed by atoms with Gasteiger partial charge in [-0.05, 0) is 25.7 Å². The Kier molecular flexibility index (Phi) is 4.97. The molecule has 0 aromatic carbocycles. The molecule has 1 aliphatic rings. The van der Waals surface area contributed by atoms with E-state index in [9.17, 15) is 9.59 Å². The van der Waals surface area contributed by atoms with Crippen LogP contribution in [0.2, 0.25) is 0 Å². The molecule has 0 atom stereocenters. The molecule has 0 heterocycles. The number of hydrogen-bond acceptors (Lipinski definition) is 2. The molecule has 0 aliphatic heterocycles. The quantitative estimate of drug-likeness (QED) is 0.736. The second-order valence-corrected chi connectivity index (χ2v) is 4.73. The summed E-state index contributed by atoms with van der Waals surface area (Å²) in [6.45, 7) is 4.12. The van der Waals surface area contributed by atoms with Gasteiger partial charge in [0, 0.05) is 31.8 Å². The summed E-state index contributed by atoms with van der Waals surface area (Å²) in [5, 5.41) is 0. The SMILES string of the molecule is CCC(CC)C(=O)N(C)C1CCC(=O)CC1. The molecule has 0 bridgehead atoms. The molecule has 0 spiro atoms. The maximum Gasteiger partial charge on any atom is 0.225 e. The summed E-state index contributed by atoms with van der Waals surface area (Å²) in [6, 6.07) is 0.283. The van der Waals surface area contributed by atoms with Crippen LogP contribution >= 0.6 is 0 Å². The third-order valence-corrected chi connectivity index (χ3v) is 3.74. The highest BCUT2D eigenvalue weighted by atomic mass is 16.2. The van der Waals surface area contributed by atoms with Crippen LogP contribution < -0.4 is 0 Å². The Morgan fingerprint density at radius 3 is 2.25 bits per heavy atom. The van der Waals surface area contributed by atoms with Crippen LogP contribution in [0.15, 0.2) is 0 Å². The van der Waals surface area contributed by atoms with Crippen molar-refractivity contribution < 1.29 is 9.59 Å². The van der Waals surface area contributed by atoms with Gasteiger partial charge in [-0.25, -0.2) is 0 Å². The molecule has 0 radical (unpaired) electrons. The maximum absolute atomic E-state index is 12.1. The normalized spacial score (nSPS) is 17.9. The van der Waals surface area contributed by atoms with Crippen molar-refractivity contribution in [3.05, 3.63) is 0 Å². The van der Waals surface area contributed by atoms with Gasteiger partial charge in [0.25, 0.3) is 0 Å². The monoisotopic (exact) mass is 225 g/mol. The minimum absolute atomic E-state index is 0.155. The number of amides is 1. The Labute approximate surface area is 98.2 Å². The highest BCUT2D eigenvalue weighted by Crippen LogP contribution is 2.22. The molecule has 0 aromatic heterocycles. The topological polar surface area (TPSA) is 37.4 Å². The summed E-state index contributed by atoms with van der Waals surface area (Å²) >= 11 is 0. The summed E-state index contributed by atoms with van der Waals surface area (Å²) < 4.78 is 0. The molecule has 92 valence electrons. The fourth-order valence-electron chi connectivity index (χ4n) is 2.42. The van der Waals surface area contributed by atoms with Gasteiger partial charge in [0.2, 0.25) is 5.91 Å². The largest absolute Gasteiger partial charge is 0.343 e. The summed E-state index contributed by atoms with van der Waals surface area (Å²) in [4.78, 5) is 25.1. The van der Waals surface area contributed by atoms with E-state index >= 15 is 0 Å². The summed E-state index contributed by atoms with van der Waals surface area (Å²) in [5.74, 6) is 0.756. The number of carbonyl (C=O) groups is 2. The van der Waals surface area contributed by atoms with Crippen molar-refractivity contribution in [2.45, 2.75) is 58.4 Å². The number of rotatable bonds is 4. The Morgan fingerprint density at radius 1 is 1.31 bits per heavy atom. The molecule has 0 aromatic rings. The van der Waals surface area contributed by atoms with E-state index in [1.807, 2.05) is 11.9 Å². The van der Waals surface area contributed by atoms with E-state index in [0.29, 0.717) is 18.6 Å². The van der Waals surface area contributed by atoms with Crippen molar-refractivity contribution in [2.75, 3.05) is 7.05 Å². The number of nitrogens with zero attached hydrogens (tertiary/aromatic N) is 1. The van der Waals surface area contributed by atoms with Crippen LogP contribution in [0, 0.1) is 5.92 Å². The number of hydrogen-bond donors (Lipinski definition) is 0. The van der Waals surface area contributed by atoms with E-state index in [1.165, 1.54) is 0 Å². The van der Waals surface area contributed by atoms with Crippen LogP contribution in [-0.2, 0) is 9.59 Å². The second kappa shape index (κ2) is 6.02. The number of carbonyl (C=O) groups excluding carboxylic acids is 2. The van der Waals surface area contributed by atoms with E-state index in [2.05, 4.69) is 13.8 Å². The molecular formula is C13H23NO2. The van der Waals surface area contributed by atoms with Crippen molar-refractivity contribution in [1.82, 2.24) is 4.90 Å². The van der Waals surface area contributed by atoms with Crippen molar-refractivity contribution in [1.29, 1.82) is 0 Å². The van der Waals surface area contributed by atoms with Crippen molar-refractivity contribution >= 4 is 11.7 Å². The Bertz CT molecular complexity index is 249. The Morgan fingerprint density at radius 2 is 1.81 bits per heavy atom. The van der Waals surface area contributed by atoms with Crippen LogP contribution in [0.1, 0.15) is 52.4 Å². The molecular weight excluding hydrogens is 202 g/mol. The average Bonchev–Trinajstić information content (AvgIpc) is 2.30. The summed E-state index contributed by atoms with van der Waals surface area (Å²) in [6.07, 6.45) is 4.80. The predicted octanol–water partition coefficient (Wildman–Crippen LogP) is 2.39. The molecule has 1 saturated carbocycles. The molecule has 3 heteroatoms. The van der Waals surface area contributed by atoms with Gasteiger partial charge in [-0.2, -0.15) is 0 Å². The van der Waals surface area contributed by atoms with E-state index in [4.69, 9.17) is 0 Å². The Balaban J connectivity index is 2.53. The highest BCUT2D eigenvalue weighted by molar-refractivity contribution is 5.81. The predicted molar refractivity (Wildman–Crippen MR) is 64.1 cm³/mol. The minimum Gasteiger partial charge on any atom is -0.343 e. The van der Waals surface area contributed by atoms with Crippen molar-refractivity contribution in [2.24, 2.45) is 5.92 Å². The second-order valence-electron chi connectivity index (χ2n) is 4.73. The molecule has 1 rings (SSSR count). The lowest BCUT2D eigenvalue weighted by atomic mass is 9.92. The zero-order valence-corrected chi connectivity index (χ0v) is 10.7. The maximum atomic E-state index is 12.1. The first-order chi connectivity index (χ1) is 7.60. The van der Waals surface area contributed by atoms with Crippen LogP contribution in [-0.4, -0.2) is 29.7 Å². The van der Waals surface area contributed by atoms with Gasteiger partial charge in [0.15, 0.2) is 0 Å². The van der Waals surface area contributed by atoms with Gasteiger partial charge in [-0.3, -0.25) is 9.59 Å². The first-order valence-corrected chi connectivity index (χ1v) is 6.38. The smallest absolute Gasteiger partial charge is 0.225 e. The van der Waals surface area contributed by atoms with Gasteiger partial charge < -0.3 is 4.90 Å². The van der Waals surface area contributed by atoms with Crippen molar-refractivity contribution in [3.8, 4) is 0 Å². The zero-order chi connectivity index (χ0) is 12.1. The van der Waals surface area contributed by atoms with Crippen LogP contribution in [0.25, 0.3) is 0 Å². The first-order valence-electron chi connectivity index (χ1n) is 6.38. The van der Waals surface area contributed by atoms with Crippen LogP contribution in [0.4, 0.5) is 0 Å². The first kappa shape index (κ1) is 13.2. The van der Waals surface area contributed by atoms with E-state index in [-0.39, 0.29) is 17.9 Å². The van der Waals surface area contributed by atoms with Gasteiger partial charge in [0.1, 0.15) is 5.78 Å². The van der Waals surface area contributed by atoms with E-state index in [1.54, 1.807) is 0 Å². The lowest BCUT2D eigenvalue weighted by molar-refractivity contribution is -0.138. The molecule has 1 amide bonds. The van der Waals surface area contributed by atoms with Gasteiger partial charge >= 0.3 is 0 Å². The lowest BCUT2D eigenvalue weighted by Gasteiger charge is -2.33. The number of Topliss-reactive ketones (excluding diaryl/α,β-unsaturated/α-hetero) is 1. The third-order valence-electron chi connectivity index (χ3n) is 3.74. The number of ketones is 1. The van der Waals surface area contributed by atoms with E-state index < -0.39 is 0 Å². The Hall–Kier alpha value is -0.860. The fraction of sp³-hybridized carbons (Fsp3) is 0.846. The van der Waals surface area contributed by atoms with Gasteiger partial charge in [0.05, 0.1) is 0 Å². The molecule has 0 N–H and O–H groups in total. The highest BCUT2D eigenvalue weighted by Gasteiger charge is 2.27. The summed E-state index contributed by atoms with van der Waals surface area (Å²) in [5.41, 5.74) is 0. The molecule has 1 fully saturated rings.